The molecule has 1 unspecified atom stereocenters. The monoisotopic (exact) mass is 1020 g/mol. The molecule has 3 fully saturated rings. The fraction of sp³-hybridized carbons (Fsp3) is 0.434. The van der Waals surface area contributed by atoms with Gasteiger partial charge >= 0.3 is 0 Å². The molecule has 0 spiro atoms. The van der Waals surface area contributed by atoms with Crippen LogP contribution >= 0.6 is 18.7 Å². The highest BCUT2D eigenvalue weighted by Crippen LogP contribution is 2.41. The lowest BCUT2D eigenvalue weighted by atomic mass is 10.0. The summed E-state index contributed by atoms with van der Waals surface area (Å²) in [6.45, 7) is 11.1. The van der Waals surface area contributed by atoms with Crippen LogP contribution in [-0.2, 0) is 25.5 Å². The summed E-state index contributed by atoms with van der Waals surface area (Å²) in [5.74, 6) is 6.61. The summed E-state index contributed by atoms with van der Waals surface area (Å²) in [7, 11) is 2.89. The average Bonchev–Trinajstić information content (AvgIpc) is 3.69. The molecule has 0 aliphatic carbocycles. The number of aromatic nitrogens is 2. The number of para-hydroxylation sites is 1. The van der Waals surface area contributed by atoms with Crippen molar-refractivity contribution in [2.75, 3.05) is 108 Å². The van der Waals surface area contributed by atoms with Crippen LogP contribution < -0.4 is 36.2 Å². The first-order chi connectivity index (χ1) is 34.6. The van der Waals surface area contributed by atoms with Crippen LogP contribution in [0.25, 0.3) is 0 Å². The lowest BCUT2D eigenvalue weighted by Crippen LogP contribution is -2.53. The zero-order chi connectivity index (χ0) is 50.9. The number of amides is 4. The highest BCUT2D eigenvalue weighted by atomic mass is 35.5. The van der Waals surface area contributed by atoms with Crippen LogP contribution in [0.5, 0.6) is 5.75 Å². The molecular weight excluding hydrogens is 953 g/mol. The number of anilines is 6. The minimum absolute atomic E-state index is 0.186. The number of fused-ring (bicyclic) bond motifs is 1. The Hall–Kier alpha value is -6.28. The van der Waals surface area contributed by atoms with Crippen LogP contribution in [0.2, 0.25) is 5.02 Å². The van der Waals surface area contributed by atoms with Gasteiger partial charge in [0, 0.05) is 99.8 Å². The Balaban J connectivity index is 0.847. The third kappa shape index (κ3) is 12.8. The van der Waals surface area contributed by atoms with Gasteiger partial charge in [0.25, 0.3) is 5.91 Å². The lowest BCUT2D eigenvalue weighted by Gasteiger charge is -2.43. The van der Waals surface area contributed by atoms with Crippen molar-refractivity contribution in [1.29, 1.82) is 0 Å². The van der Waals surface area contributed by atoms with Crippen molar-refractivity contribution in [1.82, 2.24) is 34.9 Å². The van der Waals surface area contributed by atoms with E-state index >= 15 is 0 Å². The van der Waals surface area contributed by atoms with E-state index in [1.807, 2.05) is 73.6 Å². The van der Waals surface area contributed by atoms with Crippen LogP contribution in [0.4, 0.5) is 34.5 Å². The van der Waals surface area contributed by atoms with Crippen molar-refractivity contribution >= 4 is 82.2 Å². The topological polar surface area (TPSA) is 185 Å². The van der Waals surface area contributed by atoms with E-state index in [0.29, 0.717) is 65.0 Å². The SMILES string of the molecule is COc1cc(N2CCC(N3CCN(CCCCC#Cc4cccc5c4CN(C4CCC(=O)NC4=O)C5=O)CC3)CC2)c(NC(=O)/C=C/CN(C)C)cc1Nc1ncc(Cl)c(Nc2ccccc2P(C)(C)=O)n1. The first kappa shape index (κ1) is 52.1. The molecule has 4 N–H and O–H groups in total. The zero-order valence-corrected chi connectivity index (χ0v) is 43.5. The molecule has 0 radical (unpaired) electrons. The van der Waals surface area contributed by atoms with E-state index in [9.17, 15) is 23.7 Å². The molecule has 0 saturated carbocycles. The number of halogens is 1. The number of piperazine rings is 1. The van der Waals surface area contributed by atoms with Crippen molar-refractivity contribution in [3.8, 4) is 17.6 Å². The number of carbonyl (C=O) groups is 4. The minimum atomic E-state index is -2.62. The maximum Gasteiger partial charge on any atom is 0.255 e. The van der Waals surface area contributed by atoms with Gasteiger partial charge in [0.05, 0.1) is 36.1 Å². The normalized spacial score (nSPS) is 18.0. The molecular formula is C53H65ClN11O6P. The molecule has 4 aliphatic heterocycles. The van der Waals surface area contributed by atoms with Gasteiger partial charge in [0.1, 0.15) is 24.0 Å². The summed E-state index contributed by atoms with van der Waals surface area (Å²) in [5, 5.41) is 13.0. The predicted molar refractivity (Wildman–Crippen MR) is 285 cm³/mol. The Morgan fingerprint density at radius 3 is 2.47 bits per heavy atom. The second kappa shape index (κ2) is 23.5. The maximum atomic E-state index is 13.4. The molecule has 3 saturated heterocycles. The van der Waals surface area contributed by atoms with Crippen LogP contribution in [0.1, 0.15) is 66.4 Å². The lowest BCUT2D eigenvalue weighted by molar-refractivity contribution is -0.137. The number of likely N-dealkylation sites (N-methyl/N-ethyl adjacent to an activating group) is 1. The van der Waals surface area contributed by atoms with E-state index < -0.39 is 19.1 Å². The van der Waals surface area contributed by atoms with Crippen molar-refractivity contribution < 1.29 is 28.5 Å². The molecule has 4 aromatic rings. The van der Waals surface area contributed by atoms with E-state index in [-0.39, 0.29) is 35.1 Å². The number of hydrogen-bond acceptors (Lipinski definition) is 14. The Morgan fingerprint density at radius 1 is 0.958 bits per heavy atom. The quantitative estimate of drug-likeness (QED) is 0.0296. The molecule has 5 heterocycles. The number of imide groups is 1. The molecule has 4 amide bonds. The minimum Gasteiger partial charge on any atom is -0.494 e. The molecule has 8 rings (SSSR count). The third-order valence-electron chi connectivity index (χ3n) is 13.6. The van der Waals surface area contributed by atoms with Gasteiger partial charge in [-0.05, 0) is 102 Å². The number of unbranched alkanes of at least 4 members (excludes halogenated alkanes) is 2. The third-order valence-corrected chi connectivity index (χ3v) is 15.4. The summed E-state index contributed by atoms with van der Waals surface area (Å²) in [5.41, 5.74) is 4.92. The number of carbonyl (C=O) groups excluding carboxylic acids is 4. The first-order valence-corrected chi connectivity index (χ1v) is 27.6. The molecule has 0 bridgehead atoms. The van der Waals surface area contributed by atoms with Gasteiger partial charge in [-0.3, -0.25) is 29.4 Å². The summed E-state index contributed by atoms with van der Waals surface area (Å²) >= 11 is 6.57. The van der Waals surface area contributed by atoms with E-state index in [1.54, 1.807) is 37.5 Å². The molecule has 19 heteroatoms. The summed E-state index contributed by atoms with van der Waals surface area (Å²) in [4.78, 5) is 70.9. The van der Waals surface area contributed by atoms with Crippen LogP contribution in [0, 0.1) is 11.8 Å². The summed E-state index contributed by atoms with van der Waals surface area (Å²) in [6.07, 6.45) is 10.2. The number of rotatable bonds is 17. The Kier molecular flexibility index (Phi) is 17.0. The number of hydrogen-bond donors (Lipinski definition) is 4. The van der Waals surface area contributed by atoms with Gasteiger partial charge in [0.2, 0.25) is 23.7 Å². The Bertz CT molecular complexity index is 2810. The molecule has 3 aromatic carbocycles. The standard InChI is InChI=1S/C53H65ClN11O6P/c1-61(2)24-13-19-48(66)56-42-32-43(58-53-55-34-40(54)50(60-53)57-41-17-9-10-18-47(41)72(4,5)70)46(71-3)33-45(42)64-26-22-37(23-27-64)63-30-28-62(29-31-63)25-11-7-6-8-14-36-15-12-16-38-39(36)35-65(52(38)69)44-20-21-49(67)59-51(44)68/h9-10,12-13,15-19,32-34,37,44H,6-7,11,20-31,35H2,1-5H3,(H,56,66)(H,59,67,68)(H2,55,57,58,60)/b19-13+. The number of piperidine rings is 2. The highest BCUT2D eigenvalue weighted by molar-refractivity contribution is 7.70. The second-order valence-electron chi connectivity index (χ2n) is 19.3. The summed E-state index contributed by atoms with van der Waals surface area (Å²) in [6, 6.07) is 16.6. The zero-order valence-electron chi connectivity index (χ0n) is 41.8. The average molecular weight is 1020 g/mol. The number of nitrogens with one attached hydrogen (secondary N) is 4. The Morgan fingerprint density at radius 2 is 1.74 bits per heavy atom. The highest BCUT2D eigenvalue weighted by Gasteiger charge is 2.40. The van der Waals surface area contributed by atoms with Crippen LogP contribution in [-0.4, -0.2) is 152 Å². The Labute approximate surface area is 427 Å². The number of methoxy groups -OCH3 is 1. The van der Waals surface area contributed by atoms with Crippen molar-refractivity contribution in [2.45, 2.75) is 63.6 Å². The van der Waals surface area contributed by atoms with Crippen LogP contribution in [0.3, 0.4) is 0 Å². The molecule has 72 heavy (non-hydrogen) atoms. The smallest absolute Gasteiger partial charge is 0.255 e. The van der Waals surface area contributed by atoms with E-state index in [0.717, 1.165) is 94.7 Å². The molecule has 17 nitrogen and oxygen atoms in total. The largest absolute Gasteiger partial charge is 0.494 e. The maximum absolute atomic E-state index is 13.4. The molecule has 4 aliphatic rings. The van der Waals surface area contributed by atoms with Gasteiger partial charge in [-0.2, -0.15) is 4.98 Å². The molecule has 380 valence electrons. The molecule has 1 aromatic heterocycles. The fourth-order valence-corrected chi connectivity index (χ4v) is 11.1. The van der Waals surface area contributed by atoms with Crippen molar-refractivity contribution in [3.05, 3.63) is 94.7 Å². The van der Waals surface area contributed by atoms with E-state index in [4.69, 9.17) is 16.3 Å². The van der Waals surface area contributed by atoms with Crippen molar-refractivity contribution in [2.24, 2.45) is 0 Å². The van der Waals surface area contributed by atoms with Gasteiger partial charge < -0.3 is 44.9 Å². The van der Waals surface area contributed by atoms with Crippen molar-refractivity contribution in [3.63, 3.8) is 0 Å². The van der Waals surface area contributed by atoms with E-state index in [1.165, 1.54) is 6.20 Å². The number of ether oxygens (including phenoxy) is 1. The van der Waals surface area contributed by atoms with Crippen LogP contribution in [0.15, 0.2) is 72.9 Å². The van der Waals surface area contributed by atoms with Gasteiger partial charge in [-0.15, -0.1) is 0 Å². The van der Waals surface area contributed by atoms with Gasteiger partial charge in [-0.1, -0.05) is 47.7 Å². The van der Waals surface area contributed by atoms with Gasteiger partial charge in [0.15, 0.2) is 5.82 Å². The number of nitrogens with zero attached hydrogens (tertiary/aromatic N) is 7. The van der Waals surface area contributed by atoms with Gasteiger partial charge in [-0.25, -0.2) is 4.98 Å². The predicted octanol–water partition coefficient (Wildman–Crippen LogP) is 6.50. The summed E-state index contributed by atoms with van der Waals surface area (Å²) < 4.78 is 19.0. The second-order valence-corrected chi connectivity index (χ2v) is 22.9. The van der Waals surface area contributed by atoms with E-state index in [2.05, 4.69) is 57.8 Å². The first-order valence-electron chi connectivity index (χ1n) is 24.7. The molecule has 1 atom stereocenters. The number of benzene rings is 3. The fourth-order valence-electron chi connectivity index (χ4n) is 9.79.